The van der Waals surface area contributed by atoms with Crippen molar-refractivity contribution < 1.29 is 14.4 Å². The molecule has 0 fully saturated rings. The number of pyridine rings is 1. The van der Waals surface area contributed by atoms with Crippen LogP contribution in [0, 0.1) is 0 Å². The number of tetrazole rings is 1. The fourth-order valence-corrected chi connectivity index (χ4v) is 2.40. The lowest BCUT2D eigenvalue weighted by atomic mass is 10.1. The molecule has 0 saturated carbocycles. The molecule has 10 nitrogen and oxygen atoms in total. The molecule has 2 aromatic heterocycles. The molecule has 30 heavy (non-hydrogen) atoms. The maximum absolute atomic E-state index is 12.2. The summed E-state index contributed by atoms with van der Waals surface area (Å²) in [6, 6.07) is 14.7. The molecule has 10 heteroatoms. The Hall–Kier alpha value is -3.66. The minimum atomic E-state index is -0.965. The van der Waals surface area contributed by atoms with Gasteiger partial charge in [0.05, 0.1) is 5.69 Å². The summed E-state index contributed by atoms with van der Waals surface area (Å²) in [7, 11) is 3.20. The highest BCUT2D eigenvalue weighted by molar-refractivity contribution is 6.10. The van der Waals surface area contributed by atoms with Gasteiger partial charge in [-0.3, -0.25) is 4.79 Å². The molecule has 0 aliphatic carbocycles. The van der Waals surface area contributed by atoms with Crippen molar-refractivity contribution >= 4 is 17.4 Å². The van der Waals surface area contributed by atoms with Gasteiger partial charge in [0.1, 0.15) is 11.4 Å². The highest BCUT2D eigenvalue weighted by atomic mass is 16.6. The van der Waals surface area contributed by atoms with E-state index in [9.17, 15) is 4.79 Å². The van der Waals surface area contributed by atoms with Crippen LogP contribution in [-0.2, 0) is 28.0 Å². The van der Waals surface area contributed by atoms with Gasteiger partial charge in [-0.2, -0.15) is 0 Å². The van der Waals surface area contributed by atoms with Crippen molar-refractivity contribution in [3.05, 3.63) is 65.6 Å². The summed E-state index contributed by atoms with van der Waals surface area (Å²) in [6.45, 7) is 3.45. The molecular weight excluding hydrogens is 386 g/mol. The van der Waals surface area contributed by atoms with Crippen molar-refractivity contribution in [1.82, 2.24) is 25.2 Å². The number of nitrogens with zero attached hydrogens (tertiary/aromatic N) is 6. The molecule has 0 spiro atoms. The van der Waals surface area contributed by atoms with Crippen molar-refractivity contribution in [3.8, 4) is 0 Å². The Kier molecular flexibility index (Phi) is 6.48. The molecule has 1 amide bonds. The zero-order chi connectivity index (χ0) is 21.6. The number of carbonyl (C=O) groups excluding carboxylic acids is 1. The van der Waals surface area contributed by atoms with Crippen LogP contribution < -0.4 is 5.32 Å². The number of aromatic nitrogens is 5. The fourth-order valence-electron chi connectivity index (χ4n) is 2.40. The van der Waals surface area contributed by atoms with Gasteiger partial charge in [0.25, 0.3) is 5.91 Å². The number of nitrogens with one attached hydrogen (secondary N) is 1. The predicted molar refractivity (Wildman–Crippen MR) is 110 cm³/mol. The molecule has 0 bridgehead atoms. The maximum Gasteiger partial charge on any atom is 0.257 e. The van der Waals surface area contributed by atoms with E-state index in [4.69, 9.17) is 9.57 Å². The monoisotopic (exact) mass is 409 g/mol. The molecule has 0 unspecified atom stereocenters. The molecular formula is C20H23N7O3. The van der Waals surface area contributed by atoms with E-state index in [1.165, 1.54) is 11.8 Å². The van der Waals surface area contributed by atoms with Crippen molar-refractivity contribution in [2.45, 2.75) is 26.1 Å². The second-order valence-electron chi connectivity index (χ2n) is 6.89. The highest BCUT2D eigenvalue weighted by Gasteiger charge is 2.27. The van der Waals surface area contributed by atoms with E-state index in [-0.39, 0.29) is 12.5 Å². The SMILES string of the molecule is COC(C)(C)C(=O)Nc1cccc(CON=C(c2ccccc2)c2nnnn2C)n1. The summed E-state index contributed by atoms with van der Waals surface area (Å²) in [6.07, 6.45) is 0. The lowest BCUT2D eigenvalue weighted by Gasteiger charge is -2.21. The van der Waals surface area contributed by atoms with Gasteiger partial charge >= 0.3 is 0 Å². The average molecular weight is 409 g/mol. The van der Waals surface area contributed by atoms with E-state index < -0.39 is 5.60 Å². The van der Waals surface area contributed by atoms with Gasteiger partial charge < -0.3 is 14.9 Å². The first-order valence-electron chi connectivity index (χ1n) is 9.21. The zero-order valence-corrected chi connectivity index (χ0v) is 17.2. The van der Waals surface area contributed by atoms with Gasteiger partial charge in [0.15, 0.2) is 12.3 Å². The van der Waals surface area contributed by atoms with Crippen LogP contribution >= 0.6 is 0 Å². The molecule has 1 aromatic carbocycles. The Bertz CT molecular complexity index is 1030. The topological polar surface area (TPSA) is 116 Å². The normalized spacial score (nSPS) is 11.9. The zero-order valence-electron chi connectivity index (χ0n) is 17.2. The number of hydrogen-bond donors (Lipinski definition) is 1. The fraction of sp³-hybridized carbons (Fsp3) is 0.300. The maximum atomic E-state index is 12.2. The Labute approximate surface area is 173 Å². The van der Waals surface area contributed by atoms with Gasteiger partial charge in [-0.05, 0) is 36.4 Å². The largest absolute Gasteiger partial charge is 0.389 e. The van der Waals surface area contributed by atoms with Crippen LogP contribution in [0.1, 0.15) is 30.9 Å². The first-order chi connectivity index (χ1) is 14.4. The number of hydrogen-bond acceptors (Lipinski definition) is 8. The highest BCUT2D eigenvalue weighted by Crippen LogP contribution is 2.13. The van der Waals surface area contributed by atoms with Crippen molar-refractivity contribution in [2.75, 3.05) is 12.4 Å². The number of methoxy groups -OCH3 is 1. The van der Waals surface area contributed by atoms with Crippen LogP contribution in [0.3, 0.4) is 0 Å². The second kappa shape index (κ2) is 9.23. The molecule has 0 atom stereocenters. The van der Waals surface area contributed by atoms with Crippen LogP contribution in [0.5, 0.6) is 0 Å². The summed E-state index contributed by atoms with van der Waals surface area (Å²) >= 11 is 0. The van der Waals surface area contributed by atoms with E-state index in [0.29, 0.717) is 23.0 Å². The van der Waals surface area contributed by atoms with E-state index in [1.54, 1.807) is 39.1 Å². The van der Waals surface area contributed by atoms with E-state index in [0.717, 1.165) is 5.56 Å². The number of ether oxygens (including phenoxy) is 1. The Morgan fingerprint density at radius 3 is 2.60 bits per heavy atom. The number of oxime groups is 1. The molecule has 0 aliphatic rings. The lowest BCUT2D eigenvalue weighted by molar-refractivity contribution is -0.133. The van der Waals surface area contributed by atoms with Crippen molar-refractivity contribution in [3.63, 3.8) is 0 Å². The molecule has 0 radical (unpaired) electrons. The molecule has 3 aromatic rings. The summed E-state index contributed by atoms with van der Waals surface area (Å²) in [5.41, 5.74) is 0.934. The second-order valence-corrected chi connectivity index (χ2v) is 6.89. The molecule has 0 aliphatic heterocycles. The van der Waals surface area contributed by atoms with Gasteiger partial charge in [-0.25, -0.2) is 9.67 Å². The molecule has 3 rings (SSSR count). The predicted octanol–water partition coefficient (Wildman–Crippen LogP) is 1.94. The first-order valence-corrected chi connectivity index (χ1v) is 9.21. The van der Waals surface area contributed by atoms with E-state index in [2.05, 4.69) is 31.0 Å². The molecule has 2 heterocycles. The minimum absolute atomic E-state index is 0.0962. The summed E-state index contributed by atoms with van der Waals surface area (Å²) in [5.74, 6) is 0.572. The Balaban J connectivity index is 1.74. The third-order valence-corrected chi connectivity index (χ3v) is 4.35. The Morgan fingerprint density at radius 2 is 1.93 bits per heavy atom. The van der Waals surface area contributed by atoms with Crippen molar-refractivity contribution in [2.24, 2.45) is 12.2 Å². The number of rotatable bonds is 8. The summed E-state index contributed by atoms with van der Waals surface area (Å²) in [5, 5.41) is 18.5. The Morgan fingerprint density at radius 1 is 1.17 bits per heavy atom. The van der Waals surface area contributed by atoms with Crippen LogP contribution in [0.25, 0.3) is 0 Å². The van der Waals surface area contributed by atoms with E-state index >= 15 is 0 Å². The average Bonchev–Trinajstić information content (AvgIpc) is 3.17. The molecule has 1 N–H and O–H groups in total. The van der Waals surface area contributed by atoms with Crippen LogP contribution in [0.2, 0.25) is 0 Å². The number of amides is 1. The van der Waals surface area contributed by atoms with Crippen molar-refractivity contribution in [1.29, 1.82) is 0 Å². The van der Waals surface area contributed by atoms with Gasteiger partial charge in [0.2, 0.25) is 5.82 Å². The number of benzene rings is 1. The van der Waals surface area contributed by atoms with Gasteiger partial charge in [0, 0.05) is 19.7 Å². The quantitative estimate of drug-likeness (QED) is 0.446. The van der Waals surface area contributed by atoms with Crippen LogP contribution in [0.15, 0.2) is 53.7 Å². The summed E-state index contributed by atoms with van der Waals surface area (Å²) < 4.78 is 6.69. The number of aryl methyl sites for hydroxylation is 1. The smallest absolute Gasteiger partial charge is 0.257 e. The number of anilines is 1. The van der Waals surface area contributed by atoms with Crippen LogP contribution in [-0.4, -0.2) is 49.5 Å². The standard InChI is InChI=1S/C20H23N7O3/c1-20(2,29-4)19(28)22-16-12-8-11-15(21-16)13-30-24-17(14-9-6-5-7-10-14)18-23-25-26-27(18)3/h5-12H,13H2,1-4H3,(H,21,22,28). The first kappa shape index (κ1) is 21.1. The minimum Gasteiger partial charge on any atom is -0.389 e. The van der Waals surface area contributed by atoms with Crippen LogP contribution in [0.4, 0.5) is 5.82 Å². The van der Waals surface area contributed by atoms with Gasteiger partial charge in [-0.15, -0.1) is 5.10 Å². The molecule has 156 valence electrons. The lowest BCUT2D eigenvalue weighted by Crippen LogP contribution is -2.39. The van der Waals surface area contributed by atoms with E-state index in [1.807, 2.05) is 30.3 Å². The number of carbonyl (C=O) groups is 1. The van der Waals surface area contributed by atoms with Gasteiger partial charge in [-0.1, -0.05) is 41.6 Å². The summed E-state index contributed by atoms with van der Waals surface area (Å²) in [4.78, 5) is 22.2. The third-order valence-electron chi connectivity index (χ3n) is 4.35. The molecule has 0 saturated heterocycles. The third kappa shape index (κ3) is 5.03.